The smallest absolute Gasteiger partial charge is 0.325 e. The Morgan fingerprint density at radius 1 is 1.10 bits per heavy atom. The number of urea groups is 1. The lowest BCUT2D eigenvalue weighted by molar-refractivity contribution is -0.135. The molecule has 2 atom stereocenters. The zero-order valence-electron chi connectivity index (χ0n) is 18.3. The molecule has 0 aliphatic carbocycles. The summed E-state index contributed by atoms with van der Waals surface area (Å²) in [6, 6.07) is 15.8. The SMILES string of the molecule is COc1ccc([C@@]2(C)NC(=O)N(CC(=O)N[C@@H](CC(C)C)c3ccccc3)C2=O)cc1. The summed E-state index contributed by atoms with van der Waals surface area (Å²) in [5.74, 6) is 0.174. The summed E-state index contributed by atoms with van der Waals surface area (Å²) in [5, 5.41) is 5.71. The van der Waals surface area contributed by atoms with Gasteiger partial charge < -0.3 is 15.4 Å². The maximum atomic E-state index is 13.1. The van der Waals surface area contributed by atoms with Crippen LogP contribution in [0.5, 0.6) is 5.75 Å². The van der Waals surface area contributed by atoms with Gasteiger partial charge in [0.15, 0.2) is 0 Å². The van der Waals surface area contributed by atoms with Crippen molar-refractivity contribution >= 4 is 17.8 Å². The van der Waals surface area contributed by atoms with Gasteiger partial charge in [0.05, 0.1) is 13.2 Å². The molecule has 31 heavy (non-hydrogen) atoms. The van der Waals surface area contributed by atoms with Crippen LogP contribution in [-0.4, -0.2) is 36.4 Å². The van der Waals surface area contributed by atoms with Crippen molar-refractivity contribution in [1.82, 2.24) is 15.5 Å². The number of hydrogen-bond donors (Lipinski definition) is 2. The van der Waals surface area contributed by atoms with E-state index >= 15 is 0 Å². The molecule has 2 aromatic rings. The maximum Gasteiger partial charge on any atom is 0.325 e. The van der Waals surface area contributed by atoms with Gasteiger partial charge in [-0.1, -0.05) is 56.3 Å². The van der Waals surface area contributed by atoms with Crippen LogP contribution in [0, 0.1) is 5.92 Å². The lowest BCUT2D eigenvalue weighted by Gasteiger charge is -2.24. The van der Waals surface area contributed by atoms with Crippen molar-refractivity contribution in [3.63, 3.8) is 0 Å². The summed E-state index contributed by atoms with van der Waals surface area (Å²) in [6.45, 7) is 5.47. The quantitative estimate of drug-likeness (QED) is 0.638. The van der Waals surface area contributed by atoms with E-state index in [0.29, 0.717) is 17.2 Å². The molecule has 3 rings (SSSR count). The molecule has 1 heterocycles. The predicted octanol–water partition coefficient (Wildman–Crippen LogP) is 3.37. The molecule has 0 saturated carbocycles. The third kappa shape index (κ3) is 4.87. The maximum absolute atomic E-state index is 13.1. The second-order valence-corrected chi connectivity index (χ2v) is 8.34. The number of nitrogens with one attached hydrogen (secondary N) is 2. The van der Waals surface area contributed by atoms with Crippen LogP contribution in [0.1, 0.15) is 44.4 Å². The van der Waals surface area contributed by atoms with Gasteiger partial charge in [-0.05, 0) is 42.5 Å². The van der Waals surface area contributed by atoms with E-state index in [4.69, 9.17) is 4.74 Å². The minimum atomic E-state index is -1.24. The van der Waals surface area contributed by atoms with Crippen molar-refractivity contribution in [3.8, 4) is 5.75 Å². The van der Waals surface area contributed by atoms with Gasteiger partial charge in [0, 0.05) is 0 Å². The Kier molecular flexibility index (Phi) is 6.63. The van der Waals surface area contributed by atoms with Crippen molar-refractivity contribution in [3.05, 3.63) is 65.7 Å². The lowest BCUT2D eigenvalue weighted by atomic mass is 9.92. The van der Waals surface area contributed by atoms with E-state index in [1.807, 2.05) is 30.3 Å². The number of methoxy groups -OCH3 is 1. The van der Waals surface area contributed by atoms with E-state index < -0.39 is 17.5 Å². The van der Waals surface area contributed by atoms with Crippen molar-refractivity contribution in [1.29, 1.82) is 0 Å². The number of benzene rings is 2. The van der Waals surface area contributed by atoms with Crippen LogP contribution in [0.3, 0.4) is 0 Å². The Labute approximate surface area is 182 Å². The first-order valence-corrected chi connectivity index (χ1v) is 10.4. The summed E-state index contributed by atoms with van der Waals surface area (Å²) in [6.07, 6.45) is 0.749. The van der Waals surface area contributed by atoms with Crippen LogP contribution in [0.25, 0.3) is 0 Å². The summed E-state index contributed by atoms with van der Waals surface area (Å²) < 4.78 is 5.15. The van der Waals surface area contributed by atoms with Gasteiger partial charge in [0.25, 0.3) is 5.91 Å². The van der Waals surface area contributed by atoms with Crippen molar-refractivity contribution in [2.24, 2.45) is 5.92 Å². The molecular formula is C24H29N3O4. The number of hydrogen-bond acceptors (Lipinski definition) is 4. The highest BCUT2D eigenvalue weighted by molar-refractivity contribution is 6.09. The first-order valence-electron chi connectivity index (χ1n) is 10.4. The van der Waals surface area contributed by atoms with Crippen LogP contribution < -0.4 is 15.4 Å². The summed E-state index contributed by atoms with van der Waals surface area (Å²) in [4.78, 5) is 39.4. The predicted molar refractivity (Wildman–Crippen MR) is 117 cm³/mol. The van der Waals surface area contributed by atoms with Crippen LogP contribution in [0.2, 0.25) is 0 Å². The molecule has 4 amide bonds. The molecule has 0 spiro atoms. The first kappa shape index (κ1) is 22.3. The van der Waals surface area contributed by atoms with E-state index in [-0.39, 0.29) is 18.5 Å². The minimum Gasteiger partial charge on any atom is -0.497 e. The van der Waals surface area contributed by atoms with E-state index in [0.717, 1.165) is 16.9 Å². The van der Waals surface area contributed by atoms with Crippen LogP contribution in [0.15, 0.2) is 54.6 Å². The average molecular weight is 424 g/mol. The molecule has 164 valence electrons. The zero-order chi connectivity index (χ0) is 22.6. The Balaban J connectivity index is 1.73. The van der Waals surface area contributed by atoms with Crippen LogP contribution in [0.4, 0.5) is 4.79 Å². The van der Waals surface area contributed by atoms with E-state index in [2.05, 4.69) is 24.5 Å². The third-order valence-corrected chi connectivity index (χ3v) is 5.49. The third-order valence-electron chi connectivity index (χ3n) is 5.49. The lowest BCUT2D eigenvalue weighted by Crippen LogP contribution is -2.44. The van der Waals surface area contributed by atoms with Crippen LogP contribution >= 0.6 is 0 Å². The highest BCUT2D eigenvalue weighted by atomic mass is 16.5. The highest BCUT2D eigenvalue weighted by Gasteiger charge is 2.49. The fraction of sp³-hybridized carbons (Fsp3) is 0.375. The molecule has 1 aliphatic heterocycles. The molecule has 7 nitrogen and oxygen atoms in total. The van der Waals surface area contributed by atoms with Gasteiger partial charge in [-0.2, -0.15) is 0 Å². The van der Waals surface area contributed by atoms with Crippen molar-refractivity contribution in [2.45, 2.75) is 38.8 Å². The average Bonchev–Trinajstić information content (AvgIpc) is 2.97. The summed E-state index contributed by atoms with van der Waals surface area (Å²) in [5.41, 5.74) is 0.377. The first-order chi connectivity index (χ1) is 14.7. The van der Waals surface area contributed by atoms with Gasteiger partial charge >= 0.3 is 6.03 Å². The van der Waals surface area contributed by atoms with Gasteiger partial charge in [0.2, 0.25) is 5.91 Å². The summed E-state index contributed by atoms with van der Waals surface area (Å²) in [7, 11) is 1.56. The molecule has 2 aromatic carbocycles. The summed E-state index contributed by atoms with van der Waals surface area (Å²) >= 11 is 0. The number of amides is 4. The number of carbonyl (C=O) groups is 3. The fourth-order valence-electron chi connectivity index (χ4n) is 3.78. The molecule has 7 heteroatoms. The van der Waals surface area contributed by atoms with E-state index in [1.165, 1.54) is 0 Å². The number of carbonyl (C=O) groups excluding carboxylic acids is 3. The molecule has 0 aromatic heterocycles. The van der Waals surface area contributed by atoms with Crippen LogP contribution in [-0.2, 0) is 15.1 Å². The molecule has 1 fully saturated rings. The molecule has 0 unspecified atom stereocenters. The molecule has 2 N–H and O–H groups in total. The monoisotopic (exact) mass is 423 g/mol. The molecule has 1 saturated heterocycles. The van der Waals surface area contributed by atoms with Gasteiger partial charge in [-0.25, -0.2) is 4.79 Å². The molecule has 0 bridgehead atoms. The second kappa shape index (κ2) is 9.20. The minimum absolute atomic E-state index is 0.192. The van der Waals surface area contributed by atoms with Gasteiger partial charge in [-0.3, -0.25) is 14.5 Å². The molecule has 1 aliphatic rings. The normalized spacial score (nSPS) is 19.3. The van der Waals surface area contributed by atoms with Gasteiger partial charge in [-0.15, -0.1) is 0 Å². The van der Waals surface area contributed by atoms with Crippen molar-refractivity contribution < 1.29 is 19.1 Å². The standard InChI is InChI=1S/C24H29N3O4/c1-16(2)14-20(17-8-6-5-7-9-17)25-21(28)15-27-22(29)24(3,26-23(27)30)18-10-12-19(31-4)13-11-18/h5-13,16,20H,14-15H2,1-4H3,(H,25,28)(H,26,30)/t20-,24+/m0/s1. The number of rotatable bonds is 8. The Morgan fingerprint density at radius 2 is 1.74 bits per heavy atom. The topological polar surface area (TPSA) is 87.7 Å². The largest absolute Gasteiger partial charge is 0.497 e. The Morgan fingerprint density at radius 3 is 2.32 bits per heavy atom. The highest BCUT2D eigenvalue weighted by Crippen LogP contribution is 2.30. The second-order valence-electron chi connectivity index (χ2n) is 8.34. The fourth-order valence-corrected chi connectivity index (χ4v) is 3.78. The Hall–Kier alpha value is -3.35. The zero-order valence-corrected chi connectivity index (χ0v) is 18.3. The van der Waals surface area contributed by atoms with Gasteiger partial charge in [0.1, 0.15) is 17.8 Å². The van der Waals surface area contributed by atoms with Crippen molar-refractivity contribution in [2.75, 3.05) is 13.7 Å². The van der Waals surface area contributed by atoms with E-state index in [1.54, 1.807) is 38.3 Å². The van der Waals surface area contributed by atoms with E-state index in [9.17, 15) is 14.4 Å². The number of ether oxygens (including phenoxy) is 1. The number of nitrogens with zero attached hydrogens (tertiary/aromatic N) is 1. The molecule has 0 radical (unpaired) electrons. The molecular weight excluding hydrogens is 394 g/mol. The Bertz CT molecular complexity index is 943. The number of imide groups is 1.